The highest BCUT2D eigenvalue weighted by atomic mass is 16.4. The number of carboxylic acids is 1. The molecule has 3 fully saturated rings. The third-order valence-corrected chi connectivity index (χ3v) is 5.08. The Balaban J connectivity index is 1.63. The highest BCUT2D eigenvalue weighted by Crippen LogP contribution is 2.63. The maximum absolute atomic E-state index is 12.1. The van der Waals surface area contributed by atoms with Crippen molar-refractivity contribution >= 4 is 11.9 Å². The summed E-state index contributed by atoms with van der Waals surface area (Å²) in [6.07, 6.45) is 7.84. The third-order valence-electron chi connectivity index (χ3n) is 5.08. The number of hydrogen-bond acceptors (Lipinski definition) is 2. The summed E-state index contributed by atoms with van der Waals surface area (Å²) in [4.78, 5) is 23.3. The Kier molecular flexibility index (Phi) is 2.25. The highest BCUT2D eigenvalue weighted by Gasteiger charge is 2.60. The Hall–Kier alpha value is -1.06. The number of carboxylic acid groups (broad SMARTS) is 1. The maximum atomic E-state index is 12.1. The molecule has 0 heterocycles. The molecule has 3 saturated carbocycles. The smallest absolute Gasteiger partial charge is 0.329 e. The number of aliphatic carboxylic acids is 1. The lowest BCUT2D eigenvalue weighted by atomic mass is 9.76. The molecule has 0 bridgehead atoms. The van der Waals surface area contributed by atoms with Crippen molar-refractivity contribution < 1.29 is 14.7 Å². The predicted molar refractivity (Wildman–Crippen MR) is 61.4 cm³/mol. The molecule has 0 aromatic rings. The zero-order valence-electron chi connectivity index (χ0n) is 10.00. The maximum Gasteiger partial charge on any atom is 0.329 e. The van der Waals surface area contributed by atoms with Gasteiger partial charge >= 0.3 is 5.97 Å². The molecule has 94 valence electrons. The lowest BCUT2D eigenvalue weighted by molar-refractivity contribution is -0.152. The van der Waals surface area contributed by atoms with E-state index in [0.29, 0.717) is 12.8 Å². The Bertz CT molecular complexity index is 367. The molecule has 2 N–H and O–H groups in total. The molecule has 0 aliphatic heterocycles. The quantitative estimate of drug-likeness (QED) is 0.785. The Morgan fingerprint density at radius 2 is 1.71 bits per heavy atom. The number of amides is 1. The van der Waals surface area contributed by atoms with Crippen LogP contribution in [0.4, 0.5) is 0 Å². The standard InChI is InChI=1S/C13H19NO3/c15-10(9-8-12(9)4-1-2-5-12)14-13(11(16)17)6-3-7-13/h9H,1-8H2,(H,14,15)(H,16,17). The van der Waals surface area contributed by atoms with E-state index < -0.39 is 11.5 Å². The lowest BCUT2D eigenvalue weighted by Gasteiger charge is -2.38. The van der Waals surface area contributed by atoms with Gasteiger partial charge in [0.1, 0.15) is 5.54 Å². The van der Waals surface area contributed by atoms with Crippen LogP contribution in [0.1, 0.15) is 51.4 Å². The van der Waals surface area contributed by atoms with Crippen LogP contribution in [0.15, 0.2) is 0 Å². The zero-order chi connectivity index (χ0) is 12.1. The molecule has 1 atom stereocenters. The van der Waals surface area contributed by atoms with E-state index in [1.807, 2.05) is 0 Å². The summed E-state index contributed by atoms with van der Waals surface area (Å²) in [5.74, 6) is -0.769. The van der Waals surface area contributed by atoms with Crippen LogP contribution in [0.5, 0.6) is 0 Å². The molecular weight excluding hydrogens is 218 g/mol. The fourth-order valence-corrected chi connectivity index (χ4v) is 3.60. The van der Waals surface area contributed by atoms with E-state index in [4.69, 9.17) is 0 Å². The van der Waals surface area contributed by atoms with E-state index in [1.54, 1.807) is 0 Å². The molecule has 1 spiro atoms. The fourth-order valence-electron chi connectivity index (χ4n) is 3.60. The van der Waals surface area contributed by atoms with Gasteiger partial charge in [0.05, 0.1) is 0 Å². The van der Waals surface area contributed by atoms with E-state index >= 15 is 0 Å². The minimum Gasteiger partial charge on any atom is -0.480 e. The predicted octanol–water partition coefficient (Wildman–Crippen LogP) is 1.69. The van der Waals surface area contributed by atoms with Crippen molar-refractivity contribution in [2.24, 2.45) is 11.3 Å². The Morgan fingerprint density at radius 3 is 2.18 bits per heavy atom. The number of carbonyl (C=O) groups excluding carboxylic acids is 1. The Labute approximate surface area is 101 Å². The Morgan fingerprint density at radius 1 is 1.06 bits per heavy atom. The molecule has 3 rings (SSSR count). The van der Waals surface area contributed by atoms with Gasteiger partial charge in [-0.1, -0.05) is 12.8 Å². The van der Waals surface area contributed by atoms with Gasteiger partial charge in [0.15, 0.2) is 0 Å². The van der Waals surface area contributed by atoms with Gasteiger partial charge in [-0.15, -0.1) is 0 Å². The molecule has 4 nitrogen and oxygen atoms in total. The SMILES string of the molecule is O=C(NC1(C(=O)O)CCC1)C1CC12CCCC2. The van der Waals surface area contributed by atoms with Crippen LogP contribution < -0.4 is 5.32 Å². The lowest BCUT2D eigenvalue weighted by Crippen LogP contribution is -2.59. The van der Waals surface area contributed by atoms with Crippen molar-refractivity contribution in [3.8, 4) is 0 Å². The van der Waals surface area contributed by atoms with Crippen LogP contribution in [0, 0.1) is 11.3 Å². The van der Waals surface area contributed by atoms with E-state index in [9.17, 15) is 14.7 Å². The van der Waals surface area contributed by atoms with E-state index in [2.05, 4.69) is 5.32 Å². The van der Waals surface area contributed by atoms with Crippen LogP contribution in [0.3, 0.4) is 0 Å². The second-order valence-corrected chi connectivity index (χ2v) is 6.06. The summed E-state index contributed by atoms with van der Waals surface area (Å²) >= 11 is 0. The van der Waals surface area contributed by atoms with E-state index in [1.165, 1.54) is 12.8 Å². The molecule has 0 aromatic heterocycles. The normalized spacial score (nSPS) is 31.9. The number of rotatable bonds is 3. The first-order valence-corrected chi connectivity index (χ1v) is 6.64. The molecule has 3 aliphatic carbocycles. The second-order valence-electron chi connectivity index (χ2n) is 6.06. The van der Waals surface area contributed by atoms with Gasteiger partial charge in [-0.05, 0) is 43.9 Å². The van der Waals surface area contributed by atoms with Gasteiger partial charge in [0.2, 0.25) is 5.91 Å². The molecule has 3 aliphatic rings. The van der Waals surface area contributed by atoms with E-state index in [-0.39, 0.29) is 17.2 Å². The van der Waals surface area contributed by atoms with E-state index in [0.717, 1.165) is 25.7 Å². The van der Waals surface area contributed by atoms with Crippen molar-refractivity contribution in [3.05, 3.63) is 0 Å². The van der Waals surface area contributed by atoms with Gasteiger partial charge in [-0.3, -0.25) is 4.79 Å². The topological polar surface area (TPSA) is 66.4 Å². The molecule has 17 heavy (non-hydrogen) atoms. The van der Waals surface area contributed by atoms with Gasteiger partial charge in [-0.25, -0.2) is 4.79 Å². The molecule has 1 amide bonds. The fraction of sp³-hybridized carbons (Fsp3) is 0.846. The van der Waals surface area contributed by atoms with Gasteiger partial charge < -0.3 is 10.4 Å². The monoisotopic (exact) mass is 237 g/mol. The first kappa shape index (κ1) is 11.1. The summed E-state index contributed by atoms with van der Waals surface area (Å²) in [6, 6.07) is 0. The van der Waals surface area contributed by atoms with Crippen LogP contribution in [-0.4, -0.2) is 22.5 Å². The minimum atomic E-state index is -0.931. The number of nitrogens with one attached hydrogen (secondary N) is 1. The number of hydrogen-bond donors (Lipinski definition) is 2. The largest absolute Gasteiger partial charge is 0.480 e. The molecule has 1 unspecified atom stereocenters. The van der Waals surface area contributed by atoms with Crippen LogP contribution in [-0.2, 0) is 9.59 Å². The van der Waals surface area contributed by atoms with Crippen molar-refractivity contribution in [3.63, 3.8) is 0 Å². The summed E-state index contributed by atoms with van der Waals surface area (Å²) in [5, 5.41) is 12.0. The minimum absolute atomic E-state index is 0.00556. The van der Waals surface area contributed by atoms with Gasteiger partial charge in [0, 0.05) is 5.92 Å². The average molecular weight is 237 g/mol. The third kappa shape index (κ3) is 1.57. The first-order chi connectivity index (χ1) is 8.08. The molecule has 0 radical (unpaired) electrons. The van der Waals surface area contributed by atoms with Crippen LogP contribution >= 0.6 is 0 Å². The van der Waals surface area contributed by atoms with Crippen molar-refractivity contribution in [1.29, 1.82) is 0 Å². The van der Waals surface area contributed by atoms with Crippen LogP contribution in [0.25, 0.3) is 0 Å². The van der Waals surface area contributed by atoms with Crippen molar-refractivity contribution in [1.82, 2.24) is 5.32 Å². The summed E-state index contributed by atoms with van der Waals surface area (Å²) in [6.45, 7) is 0. The van der Waals surface area contributed by atoms with Crippen molar-refractivity contribution in [2.75, 3.05) is 0 Å². The first-order valence-electron chi connectivity index (χ1n) is 6.64. The summed E-state index contributed by atoms with van der Waals surface area (Å²) < 4.78 is 0. The zero-order valence-corrected chi connectivity index (χ0v) is 10.00. The van der Waals surface area contributed by atoms with Gasteiger partial charge in [0.25, 0.3) is 0 Å². The average Bonchev–Trinajstić information content (AvgIpc) is 2.70. The van der Waals surface area contributed by atoms with Crippen LogP contribution in [0.2, 0.25) is 0 Å². The molecule has 0 saturated heterocycles. The number of carbonyl (C=O) groups is 2. The highest BCUT2D eigenvalue weighted by molar-refractivity contribution is 5.90. The summed E-state index contributed by atoms with van der Waals surface area (Å²) in [5.41, 5.74) is -0.674. The second kappa shape index (κ2) is 3.47. The molecular formula is C13H19NO3. The van der Waals surface area contributed by atoms with Gasteiger partial charge in [-0.2, -0.15) is 0 Å². The summed E-state index contributed by atoms with van der Waals surface area (Å²) in [7, 11) is 0. The van der Waals surface area contributed by atoms with Crippen molar-refractivity contribution in [2.45, 2.75) is 56.9 Å². The molecule has 4 heteroatoms. The molecule has 0 aromatic carbocycles.